The number of hydrogen-bond acceptors (Lipinski definition) is 3. The van der Waals surface area contributed by atoms with Gasteiger partial charge >= 0.3 is 0 Å². The van der Waals surface area contributed by atoms with Crippen LogP contribution in [0.5, 0.6) is 5.75 Å². The molecule has 0 bridgehead atoms. The lowest BCUT2D eigenvalue weighted by Crippen LogP contribution is -2.18. The third-order valence-corrected chi connectivity index (χ3v) is 5.54. The summed E-state index contributed by atoms with van der Waals surface area (Å²) >= 11 is 11.7. The summed E-state index contributed by atoms with van der Waals surface area (Å²) in [4.78, 5) is 12.7. The molecule has 0 spiro atoms. The van der Waals surface area contributed by atoms with E-state index < -0.39 is 0 Å². The largest absolute Gasteiger partial charge is 0.497 e. The third kappa shape index (κ3) is 4.74. The van der Waals surface area contributed by atoms with Gasteiger partial charge in [0.05, 0.1) is 12.8 Å². The van der Waals surface area contributed by atoms with Gasteiger partial charge in [-0.05, 0) is 85.0 Å². The summed E-state index contributed by atoms with van der Waals surface area (Å²) in [5.41, 5.74) is 2.93. The van der Waals surface area contributed by atoms with Gasteiger partial charge in [0, 0.05) is 28.2 Å². The molecule has 0 saturated carbocycles. The Morgan fingerprint density at radius 1 is 1.03 bits per heavy atom. The molecule has 4 aromatic rings. The number of hydrogen-bond donors (Lipinski definition) is 1. The molecule has 1 amide bonds. The Labute approximate surface area is 194 Å². The van der Waals surface area contributed by atoms with Gasteiger partial charge in [-0.25, -0.2) is 4.39 Å². The summed E-state index contributed by atoms with van der Waals surface area (Å²) in [6.07, 6.45) is 1.79. The Kier molecular flexibility index (Phi) is 6.39. The average molecular weight is 468 g/mol. The van der Waals surface area contributed by atoms with Crippen LogP contribution in [0.25, 0.3) is 16.9 Å². The van der Waals surface area contributed by atoms with Crippen molar-refractivity contribution in [3.05, 3.63) is 94.6 Å². The normalized spacial score (nSPS) is 10.7. The zero-order valence-electron chi connectivity index (χ0n) is 17.1. The molecule has 1 aromatic heterocycles. The smallest absolute Gasteiger partial charge is 0.244 e. The Hall–Kier alpha value is -3.42. The van der Waals surface area contributed by atoms with Crippen LogP contribution in [0.15, 0.2) is 79.0 Å². The van der Waals surface area contributed by atoms with Crippen molar-refractivity contribution in [2.75, 3.05) is 12.4 Å². The number of carbonyl (C=O) groups excluding carboxylic acids is 1. The Bertz CT molecular complexity index is 1300. The molecule has 4 rings (SSSR count). The lowest BCUT2D eigenvalue weighted by atomic mass is 10.1. The molecule has 0 atom stereocenters. The van der Waals surface area contributed by atoms with Crippen molar-refractivity contribution in [2.24, 2.45) is 0 Å². The van der Waals surface area contributed by atoms with E-state index >= 15 is 0 Å². The number of nitrogens with one attached hydrogen (secondary N) is 1. The van der Waals surface area contributed by atoms with Crippen LogP contribution in [-0.2, 0) is 11.3 Å². The Morgan fingerprint density at radius 2 is 1.69 bits per heavy atom. The quantitative estimate of drug-likeness (QED) is 0.348. The first-order valence-electron chi connectivity index (χ1n) is 9.72. The molecular formula is C24H19ClFN3O2S. The van der Waals surface area contributed by atoms with E-state index in [0.29, 0.717) is 21.2 Å². The van der Waals surface area contributed by atoms with Crippen LogP contribution >= 0.6 is 23.8 Å². The second kappa shape index (κ2) is 9.38. The minimum absolute atomic E-state index is 0.0135. The van der Waals surface area contributed by atoms with Crippen molar-refractivity contribution < 1.29 is 13.9 Å². The van der Waals surface area contributed by atoms with Crippen molar-refractivity contribution >= 4 is 35.4 Å². The van der Waals surface area contributed by atoms with E-state index in [-0.39, 0.29) is 18.3 Å². The van der Waals surface area contributed by atoms with Gasteiger partial charge in [-0.1, -0.05) is 11.6 Å². The van der Waals surface area contributed by atoms with Crippen LogP contribution in [0.1, 0.15) is 0 Å². The average Bonchev–Trinajstić information content (AvgIpc) is 3.11. The molecule has 0 unspecified atom stereocenters. The molecular weight excluding hydrogens is 449 g/mol. The standard InChI is InChI=1S/C24H19ClFN3O2S/c1-31-21-12-8-19(9-13-21)27-23(30)15-28-14-22(16-2-6-18(26)7-3-16)29(24(28)32)20-10-4-17(25)5-11-20/h2-14H,15H2,1H3,(H,27,30). The first kappa shape index (κ1) is 21.8. The molecule has 5 nitrogen and oxygen atoms in total. The highest BCUT2D eigenvalue weighted by Gasteiger charge is 2.15. The maximum absolute atomic E-state index is 13.5. The van der Waals surface area contributed by atoms with E-state index in [4.69, 9.17) is 28.6 Å². The molecule has 1 heterocycles. The molecule has 32 heavy (non-hydrogen) atoms. The molecule has 1 N–H and O–H groups in total. The molecule has 0 aliphatic rings. The summed E-state index contributed by atoms with van der Waals surface area (Å²) < 4.78 is 22.6. The van der Waals surface area contributed by atoms with Crippen molar-refractivity contribution in [1.29, 1.82) is 0 Å². The highest BCUT2D eigenvalue weighted by Crippen LogP contribution is 2.26. The lowest BCUT2D eigenvalue weighted by Gasteiger charge is -2.09. The number of benzene rings is 3. The topological polar surface area (TPSA) is 48.2 Å². The fourth-order valence-electron chi connectivity index (χ4n) is 3.30. The van der Waals surface area contributed by atoms with Crippen LogP contribution in [0, 0.1) is 10.6 Å². The number of ether oxygens (including phenoxy) is 1. The first-order valence-corrected chi connectivity index (χ1v) is 10.5. The fraction of sp³-hybridized carbons (Fsp3) is 0.0833. The highest BCUT2D eigenvalue weighted by atomic mass is 35.5. The predicted octanol–water partition coefficient (Wildman–Crippen LogP) is 6.12. The van der Waals surface area contributed by atoms with E-state index in [9.17, 15) is 9.18 Å². The van der Waals surface area contributed by atoms with Crippen molar-refractivity contribution in [3.8, 4) is 22.7 Å². The molecule has 0 aliphatic heterocycles. The number of nitrogens with zero attached hydrogens (tertiary/aromatic N) is 2. The maximum atomic E-state index is 13.5. The summed E-state index contributed by atoms with van der Waals surface area (Å²) in [5.74, 6) is 0.142. The molecule has 8 heteroatoms. The lowest BCUT2D eigenvalue weighted by molar-refractivity contribution is -0.116. The van der Waals surface area contributed by atoms with Crippen LogP contribution < -0.4 is 10.1 Å². The molecule has 0 aliphatic carbocycles. The second-order valence-corrected chi connectivity index (χ2v) is 7.82. The zero-order chi connectivity index (χ0) is 22.7. The van der Waals surface area contributed by atoms with Crippen molar-refractivity contribution in [2.45, 2.75) is 6.54 Å². The summed E-state index contributed by atoms with van der Waals surface area (Å²) in [6.45, 7) is 0.0135. The maximum Gasteiger partial charge on any atom is 0.244 e. The number of anilines is 1. The van der Waals surface area contributed by atoms with Gasteiger partial charge in [0.2, 0.25) is 5.91 Å². The monoisotopic (exact) mass is 467 g/mol. The van der Waals surface area contributed by atoms with Gasteiger partial charge in [0.15, 0.2) is 4.77 Å². The summed E-state index contributed by atoms with van der Waals surface area (Å²) in [6, 6.07) is 20.4. The number of imidazole rings is 1. The first-order chi connectivity index (χ1) is 15.4. The molecule has 0 radical (unpaired) electrons. The van der Waals surface area contributed by atoms with Crippen molar-refractivity contribution in [3.63, 3.8) is 0 Å². The van der Waals surface area contributed by atoms with Gasteiger partial charge in [-0.15, -0.1) is 0 Å². The number of amides is 1. The van der Waals surface area contributed by atoms with Gasteiger partial charge in [-0.2, -0.15) is 0 Å². The Balaban J connectivity index is 1.68. The molecule has 0 fully saturated rings. The number of aromatic nitrogens is 2. The van der Waals surface area contributed by atoms with Gasteiger partial charge in [0.25, 0.3) is 0 Å². The third-order valence-electron chi connectivity index (χ3n) is 4.87. The van der Waals surface area contributed by atoms with E-state index in [2.05, 4.69) is 5.32 Å². The second-order valence-electron chi connectivity index (χ2n) is 7.02. The van der Waals surface area contributed by atoms with E-state index in [1.807, 2.05) is 16.7 Å². The van der Waals surface area contributed by atoms with Crippen molar-refractivity contribution in [1.82, 2.24) is 9.13 Å². The zero-order valence-corrected chi connectivity index (χ0v) is 18.7. The van der Waals surface area contributed by atoms with Gasteiger partial charge in [0.1, 0.15) is 18.1 Å². The molecule has 0 saturated heterocycles. The van der Waals surface area contributed by atoms with Crippen LogP contribution in [0.3, 0.4) is 0 Å². The summed E-state index contributed by atoms with van der Waals surface area (Å²) in [5, 5.41) is 3.45. The van der Waals surface area contributed by atoms with Crippen LogP contribution in [0.4, 0.5) is 10.1 Å². The molecule has 162 valence electrons. The molecule has 3 aromatic carbocycles. The van der Waals surface area contributed by atoms with Gasteiger partial charge in [-0.3, -0.25) is 9.36 Å². The van der Waals surface area contributed by atoms with E-state index in [1.54, 1.807) is 66.4 Å². The van der Waals surface area contributed by atoms with E-state index in [0.717, 1.165) is 16.9 Å². The Morgan fingerprint density at radius 3 is 2.31 bits per heavy atom. The number of halogens is 2. The van der Waals surface area contributed by atoms with E-state index in [1.165, 1.54) is 12.1 Å². The minimum Gasteiger partial charge on any atom is -0.497 e. The van der Waals surface area contributed by atoms with Crippen LogP contribution in [0.2, 0.25) is 5.02 Å². The number of rotatable bonds is 6. The number of methoxy groups -OCH3 is 1. The van der Waals surface area contributed by atoms with Crippen LogP contribution in [-0.4, -0.2) is 22.2 Å². The number of carbonyl (C=O) groups is 1. The fourth-order valence-corrected chi connectivity index (χ4v) is 3.75. The predicted molar refractivity (Wildman–Crippen MR) is 127 cm³/mol. The highest BCUT2D eigenvalue weighted by molar-refractivity contribution is 7.71. The minimum atomic E-state index is -0.330. The summed E-state index contributed by atoms with van der Waals surface area (Å²) in [7, 11) is 1.58. The van der Waals surface area contributed by atoms with Gasteiger partial charge < -0.3 is 14.6 Å². The SMILES string of the molecule is COc1ccc(NC(=O)Cn2cc(-c3ccc(F)cc3)n(-c3ccc(Cl)cc3)c2=S)cc1.